The fourth-order valence-electron chi connectivity index (χ4n) is 4.05. The Morgan fingerprint density at radius 2 is 2.04 bits per heavy atom. The number of methoxy groups -OCH3 is 1. The third kappa shape index (κ3) is 3.35. The van der Waals surface area contributed by atoms with E-state index in [2.05, 4.69) is 45.6 Å². The lowest BCUT2D eigenvalue weighted by molar-refractivity contribution is 0.101. The molecule has 1 aromatic carbocycles. The Morgan fingerprint density at radius 3 is 2.81 bits per heavy atom. The van der Waals surface area contributed by atoms with Gasteiger partial charge in [0.2, 0.25) is 0 Å². The molecule has 0 saturated carbocycles. The maximum atomic E-state index is 5.83. The third-order valence-electron chi connectivity index (χ3n) is 5.61. The number of benzene rings is 1. The lowest BCUT2D eigenvalue weighted by Crippen LogP contribution is -2.27. The number of aryl methyl sites for hydroxylation is 2. The first-order valence-electron chi connectivity index (χ1n) is 9.55. The Balaban J connectivity index is 1.47. The van der Waals surface area contributed by atoms with E-state index in [1.807, 2.05) is 0 Å². The largest absolute Gasteiger partial charge is 0.496 e. The first-order chi connectivity index (χ1) is 12.7. The van der Waals surface area contributed by atoms with Gasteiger partial charge >= 0.3 is 0 Å². The minimum atomic E-state index is 0.134. The number of hydrogen-bond donors (Lipinski definition) is 0. The number of fused-ring (bicyclic) bond motifs is 1. The molecule has 1 unspecified atom stereocenters. The van der Waals surface area contributed by atoms with Gasteiger partial charge in [-0.15, -0.1) is 10.2 Å². The van der Waals surface area contributed by atoms with E-state index in [-0.39, 0.29) is 6.10 Å². The Hall–Kier alpha value is -1.92. The van der Waals surface area contributed by atoms with Crippen LogP contribution in [0.3, 0.4) is 0 Å². The van der Waals surface area contributed by atoms with E-state index in [1.165, 1.54) is 16.7 Å². The SMILES string of the molecule is COc1cc(C)c(CN2CCc3nnc(C4CCCO4)n3CC2)cc1C. The molecule has 0 amide bonds. The Kier molecular flexibility index (Phi) is 4.96. The van der Waals surface area contributed by atoms with Gasteiger partial charge in [-0.2, -0.15) is 0 Å². The van der Waals surface area contributed by atoms with Crippen LogP contribution in [-0.4, -0.2) is 46.5 Å². The maximum absolute atomic E-state index is 5.83. The monoisotopic (exact) mass is 356 g/mol. The molecule has 1 atom stereocenters. The van der Waals surface area contributed by atoms with E-state index in [0.29, 0.717) is 0 Å². The molecule has 26 heavy (non-hydrogen) atoms. The molecule has 0 aliphatic carbocycles. The van der Waals surface area contributed by atoms with Crippen molar-refractivity contribution in [2.45, 2.75) is 52.3 Å². The van der Waals surface area contributed by atoms with Crippen LogP contribution in [0.4, 0.5) is 0 Å². The van der Waals surface area contributed by atoms with Crippen LogP contribution in [0.1, 0.15) is 47.3 Å². The molecular formula is C20H28N4O2. The fourth-order valence-corrected chi connectivity index (χ4v) is 4.05. The van der Waals surface area contributed by atoms with Crippen molar-refractivity contribution < 1.29 is 9.47 Å². The highest BCUT2D eigenvalue weighted by atomic mass is 16.5. The van der Waals surface area contributed by atoms with Crippen molar-refractivity contribution in [1.82, 2.24) is 19.7 Å². The van der Waals surface area contributed by atoms with Crippen LogP contribution in [0.15, 0.2) is 12.1 Å². The van der Waals surface area contributed by atoms with E-state index in [4.69, 9.17) is 9.47 Å². The van der Waals surface area contributed by atoms with Crippen molar-refractivity contribution in [3.63, 3.8) is 0 Å². The summed E-state index contributed by atoms with van der Waals surface area (Å²) in [5, 5.41) is 8.88. The van der Waals surface area contributed by atoms with E-state index >= 15 is 0 Å². The van der Waals surface area contributed by atoms with Gasteiger partial charge in [0.05, 0.1) is 7.11 Å². The van der Waals surface area contributed by atoms with Gasteiger partial charge in [-0.25, -0.2) is 0 Å². The summed E-state index contributed by atoms with van der Waals surface area (Å²) < 4.78 is 13.6. The Labute approximate surface area is 155 Å². The molecule has 0 radical (unpaired) electrons. The molecule has 1 saturated heterocycles. The van der Waals surface area contributed by atoms with Gasteiger partial charge in [-0.1, -0.05) is 6.07 Å². The minimum absolute atomic E-state index is 0.134. The maximum Gasteiger partial charge on any atom is 0.162 e. The van der Waals surface area contributed by atoms with E-state index < -0.39 is 0 Å². The van der Waals surface area contributed by atoms with E-state index in [9.17, 15) is 0 Å². The Bertz CT molecular complexity index is 780. The second-order valence-electron chi connectivity index (χ2n) is 7.40. The molecule has 4 rings (SSSR count). The van der Waals surface area contributed by atoms with Gasteiger partial charge in [-0.3, -0.25) is 4.90 Å². The van der Waals surface area contributed by atoms with Gasteiger partial charge in [0.25, 0.3) is 0 Å². The summed E-state index contributed by atoms with van der Waals surface area (Å²) in [5.41, 5.74) is 3.86. The first-order valence-corrected chi connectivity index (χ1v) is 9.55. The van der Waals surface area contributed by atoms with Crippen molar-refractivity contribution in [1.29, 1.82) is 0 Å². The van der Waals surface area contributed by atoms with Crippen molar-refractivity contribution in [3.05, 3.63) is 40.5 Å². The summed E-state index contributed by atoms with van der Waals surface area (Å²) in [6, 6.07) is 4.41. The molecule has 1 fully saturated rings. The summed E-state index contributed by atoms with van der Waals surface area (Å²) in [4.78, 5) is 2.52. The molecule has 3 heterocycles. The molecule has 0 spiro atoms. The van der Waals surface area contributed by atoms with Crippen LogP contribution in [0, 0.1) is 13.8 Å². The van der Waals surface area contributed by atoms with E-state index in [1.54, 1.807) is 7.11 Å². The summed E-state index contributed by atoms with van der Waals surface area (Å²) in [6.07, 6.45) is 3.25. The zero-order chi connectivity index (χ0) is 18.1. The van der Waals surface area contributed by atoms with Gasteiger partial charge in [-0.05, 0) is 49.4 Å². The van der Waals surface area contributed by atoms with Crippen LogP contribution in [0.5, 0.6) is 5.75 Å². The minimum Gasteiger partial charge on any atom is -0.496 e. The average molecular weight is 356 g/mol. The smallest absolute Gasteiger partial charge is 0.162 e. The second-order valence-corrected chi connectivity index (χ2v) is 7.40. The Morgan fingerprint density at radius 1 is 1.15 bits per heavy atom. The highest BCUT2D eigenvalue weighted by Crippen LogP contribution is 2.29. The molecule has 2 aliphatic rings. The normalized spacial score (nSPS) is 20.8. The van der Waals surface area contributed by atoms with Crippen molar-refractivity contribution in [2.24, 2.45) is 0 Å². The summed E-state index contributed by atoms with van der Waals surface area (Å²) in [5.74, 6) is 3.09. The van der Waals surface area contributed by atoms with Crippen LogP contribution >= 0.6 is 0 Å². The van der Waals surface area contributed by atoms with Crippen LogP contribution in [-0.2, 0) is 24.2 Å². The lowest BCUT2D eigenvalue weighted by atomic mass is 10.0. The number of nitrogens with zero attached hydrogens (tertiary/aromatic N) is 4. The zero-order valence-corrected chi connectivity index (χ0v) is 16.0. The molecule has 0 bridgehead atoms. The van der Waals surface area contributed by atoms with Gasteiger partial charge in [0.1, 0.15) is 17.7 Å². The molecule has 2 aliphatic heterocycles. The van der Waals surface area contributed by atoms with Crippen molar-refractivity contribution >= 4 is 0 Å². The van der Waals surface area contributed by atoms with Crippen molar-refractivity contribution in [3.8, 4) is 5.75 Å². The fraction of sp³-hybridized carbons (Fsp3) is 0.600. The molecule has 1 aromatic heterocycles. The topological polar surface area (TPSA) is 52.4 Å². The third-order valence-corrected chi connectivity index (χ3v) is 5.61. The number of ether oxygens (including phenoxy) is 2. The molecular weight excluding hydrogens is 328 g/mol. The molecule has 140 valence electrons. The number of rotatable bonds is 4. The standard InChI is InChI=1S/C20H28N4O2/c1-14-12-18(25-3)15(2)11-16(14)13-23-7-6-19-21-22-20(24(19)9-8-23)17-5-4-10-26-17/h11-12,17H,4-10,13H2,1-3H3. The van der Waals surface area contributed by atoms with Crippen LogP contribution in [0.2, 0.25) is 0 Å². The second kappa shape index (κ2) is 7.37. The van der Waals surface area contributed by atoms with Crippen LogP contribution in [0.25, 0.3) is 0 Å². The van der Waals surface area contributed by atoms with Crippen molar-refractivity contribution in [2.75, 3.05) is 26.8 Å². The summed E-state index contributed by atoms with van der Waals surface area (Å²) >= 11 is 0. The van der Waals surface area contributed by atoms with Gasteiger partial charge in [0.15, 0.2) is 5.82 Å². The molecule has 2 aromatic rings. The number of hydrogen-bond acceptors (Lipinski definition) is 5. The molecule has 6 nitrogen and oxygen atoms in total. The van der Waals surface area contributed by atoms with Crippen LogP contribution < -0.4 is 4.74 Å². The average Bonchev–Trinajstić information content (AvgIpc) is 3.25. The van der Waals surface area contributed by atoms with E-state index in [0.717, 1.165) is 69.4 Å². The first kappa shape index (κ1) is 17.5. The quantitative estimate of drug-likeness (QED) is 0.843. The zero-order valence-electron chi connectivity index (χ0n) is 16.0. The molecule has 6 heteroatoms. The number of aromatic nitrogens is 3. The highest BCUT2D eigenvalue weighted by molar-refractivity contribution is 5.41. The van der Waals surface area contributed by atoms with Gasteiger partial charge < -0.3 is 14.0 Å². The lowest BCUT2D eigenvalue weighted by Gasteiger charge is -2.22. The summed E-state index contributed by atoms with van der Waals surface area (Å²) in [7, 11) is 1.73. The summed E-state index contributed by atoms with van der Waals surface area (Å²) in [6.45, 7) is 9.04. The predicted octanol–water partition coefficient (Wildman–Crippen LogP) is 2.81. The highest BCUT2D eigenvalue weighted by Gasteiger charge is 2.27. The predicted molar refractivity (Wildman–Crippen MR) is 99.4 cm³/mol. The molecule has 0 N–H and O–H groups in total. The van der Waals surface area contributed by atoms with Gasteiger partial charge in [0, 0.05) is 39.2 Å².